The van der Waals surface area contributed by atoms with Crippen LogP contribution in [0.5, 0.6) is 0 Å². The first-order chi connectivity index (χ1) is 4.97. The Labute approximate surface area is 59.3 Å². The maximum atomic E-state index is 3.94. The van der Waals surface area contributed by atoms with E-state index in [1.165, 1.54) is 0 Å². The van der Waals surface area contributed by atoms with Gasteiger partial charge in [-0.2, -0.15) is 0 Å². The molecule has 0 fully saturated rings. The number of hydrogen-bond acceptors (Lipinski definition) is 1. The van der Waals surface area contributed by atoms with Gasteiger partial charge in [0.25, 0.3) is 0 Å². The molecule has 46 valence electrons. The minimum absolute atomic E-state index is 1.09. The summed E-state index contributed by atoms with van der Waals surface area (Å²) in [6.07, 6.45) is 3.48. The predicted molar refractivity (Wildman–Crippen MR) is 39.4 cm³/mol. The topological polar surface area (TPSA) is 12.9 Å². The fourth-order valence-corrected chi connectivity index (χ4v) is 0.906. The van der Waals surface area contributed by atoms with Crippen molar-refractivity contribution in [2.75, 3.05) is 0 Å². The van der Waals surface area contributed by atoms with Gasteiger partial charge in [0.05, 0.1) is 0 Å². The molecule has 0 bridgehead atoms. The monoisotopic (exact) mass is 127 g/mol. The zero-order chi connectivity index (χ0) is 6.81. The van der Waals surface area contributed by atoms with E-state index >= 15 is 0 Å². The van der Waals surface area contributed by atoms with Gasteiger partial charge in [0.15, 0.2) is 0 Å². The van der Waals surface area contributed by atoms with E-state index in [2.05, 4.69) is 17.1 Å². The van der Waals surface area contributed by atoms with Crippen molar-refractivity contribution in [3.05, 3.63) is 42.7 Å². The van der Waals surface area contributed by atoms with Crippen molar-refractivity contribution < 1.29 is 0 Å². The van der Waals surface area contributed by atoms with E-state index in [1.807, 2.05) is 24.4 Å². The number of hydrogen-bond donors (Lipinski definition) is 0. The van der Waals surface area contributed by atoms with Crippen LogP contribution in [0.4, 0.5) is 0 Å². The maximum absolute atomic E-state index is 3.94. The molecule has 1 heterocycles. The highest BCUT2D eigenvalue weighted by molar-refractivity contribution is 5.80. The fourth-order valence-electron chi connectivity index (χ4n) is 0.906. The Kier molecular flexibility index (Phi) is 1.14. The van der Waals surface area contributed by atoms with Gasteiger partial charge < -0.3 is 0 Å². The fraction of sp³-hybridized carbons (Fsp3) is 0. The number of benzene rings is 1. The van der Waals surface area contributed by atoms with E-state index in [0.29, 0.717) is 0 Å². The average Bonchev–Trinajstić information content (AvgIpc) is 2.05. The Morgan fingerprint density at radius 3 is 3.30 bits per heavy atom. The Bertz CT molecular complexity index is 276. The standard InChI is InChI=1S/C9H5N/c1-2-4-9-7-10-6-5-8(9)3-1/h1,3-4,6-7H. The summed E-state index contributed by atoms with van der Waals surface area (Å²) in [5.74, 6) is 0. The molecule has 0 saturated carbocycles. The summed E-state index contributed by atoms with van der Waals surface area (Å²) in [5, 5.41) is 2.18. The van der Waals surface area contributed by atoms with Crippen molar-refractivity contribution in [1.29, 1.82) is 0 Å². The lowest BCUT2D eigenvalue weighted by Crippen LogP contribution is -1.72. The van der Waals surface area contributed by atoms with Gasteiger partial charge >= 0.3 is 0 Å². The van der Waals surface area contributed by atoms with Crippen molar-refractivity contribution in [2.24, 2.45) is 0 Å². The highest BCUT2D eigenvalue weighted by atomic mass is 14.6. The summed E-state index contributed by atoms with van der Waals surface area (Å²) in [4.78, 5) is 3.94. The van der Waals surface area contributed by atoms with Crippen LogP contribution in [0.15, 0.2) is 30.6 Å². The third-order valence-electron chi connectivity index (χ3n) is 1.40. The molecule has 2 aromatic rings. The second-order valence-electron chi connectivity index (χ2n) is 2.06. The van der Waals surface area contributed by atoms with Crippen molar-refractivity contribution >= 4 is 10.8 Å². The molecular formula is C9H5N. The normalized spacial score (nSPS) is 10.0. The molecule has 2 radical (unpaired) electrons. The molecule has 0 aliphatic rings. The molecule has 1 aromatic carbocycles. The first-order valence-corrected chi connectivity index (χ1v) is 3.08. The van der Waals surface area contributed by atoms with Gasteiger partial charge in [-0.1, -0.05) is 12.1 Å². The third-order valence-corrected chi connectivity index (χ3v) is 1.40. The minimum Gasteiger partial charge on any atom is -0.263 e. The number of pyridine rings is 1. The number of fused-ring (bicyclic) bond motifs is 1. The van der Waals surface area contributed by atoms with Crippen LogP contribution < -0.4 is 0 Å². The molecule has 1 heteroatoms. The van der Waals surface area contributed by atoms with Crippen molar-refractivity contribution in [1.82, 2.24) is 4.98 Å². The Morgan fingerprint density at radius 1 is 1.40 bits per heavy atom. The largest absolute Gasteiger partial charge is 0.263 e. The second-order valence-corrected chi connectivity index (χ2v) is 2.06. The number of aromatic nitrogens is 1. The summed E-state index contributed by atoms with van der Waals surface area (Å²) in [5.41, 5.74) is 0. The number of rotatable bonds is 0. The first-order valence-electron chi connectivity index (χ1n) is 3.08. The highest BCUT2D eigenvalue weighted by Crippen LogP contribution is 2.08. The predicted octanol–water partition coefficient (Wildman–Crippen LogP) is 1.84. The molecule has 0 aliphatic heterocycles. The summed E-state index contributed by atoms with van der Waals surface area (Å²) < 4.78 is 0. The molecule has 0 saturated heterocycles. The summed E-state index contributed by atoms with van der Waals surface area (Å²) in [6.45, 7) is 0. The lowest BCUT2D eigenvalue weighted by molar-refractivity contribution is 1.36. The Morgan fingerprint density at radius 2 is 2.40 bits per heavy atom. The van der Waals surface area contributed by atoms with E-state index in [4.69, 9.17) is 0 Å². The summed E-state index contributed by atoms with van der Waals surface area (Å²) in [6, 6.07) is 11.7. The second kappa shape index (κ2) is 2.10. The van der Waals surface area contributed by atoms with Gasteiger partial charge in [-0.05, 0) is 17.5 Å². The zero-order valence-electron chi connectivity index (χ0n) is 5.33. The lowest BCUT2D eigenvalue weighted by atomic mass is 10.2. The van der Waals surface area contributed by atoms with Crippen molar-refractivity contribution in [3.63, 3.8) is 0 Å². The van der Waals surface area contributed by atoms with E-state index in [9.17, 15) is 0 Å². The third kappa shape index (κ3) is 0.760. The summed E-state index contributed by atoms with van der Waals surface area (Å²) >= 11 is 0. The average molecular weight is 127 g/mol. The molecule has 10 heavy (non-hydrogen) atoms. The van der Waals surface area contributed by atoms with Crippen molar-refractivity contribution in [2.45, 2.75) is 0 Å². The van der Waals surface area contributed by atoms with Gasteiger partial charge in [0, 0.05) is 23.8 Å². The van der Waals surface area contributed by atoms with Gasteiger partial charge in [-0.15, -0.1) is 0 Å². The molecular weight excluding hydrogens is 122 g/mol. The van der Waals surface area contributed by atoms with E-state index in [1.54, 1.807) is 6.20 Å². The van der Waals surface area contributed by atoms with Crippen LogP contribution in [0.3, 0.4) is 0 Å². The SMILES string of the molecule is [c]1ccc2[c]cncc2c1. The van der Waals surface area contributed by atoms with E-state index in [-0.39, 0.29) is 0 Å². The van der Waals surface area contributed by atoms with Crippen molar-refractivity contribution in [3.8, 4) is 0 Å². The first kappa shape index (κ1) is 5.42. The van der Waals surface area contributed by atoms with Crippen LogP contribution in [0.1, 0.15) is 0 Å². The summed E-state index contributed by atoms with van der Waals surface area (Å²) in [7, 11) is 0. The van der Waals surface area contributed by atoms with E-state index in [0.717, 1.165) is 10.8 Å². The van der Waals surface area contributed by atoms with E-state index < -0.39 is 0 Å². The Hall–Kier alpha value is -1.37. The number of nitrogens with zero attached hydrogens (tertiary/aromatic N) is 1. The highest BCUT2D eigenvalue weighted by Gasteiger charge is 1.87. The molecule has 1 nitrogen and oxygen atoms in total. The molecule has 0 amide bonds. The zero-order valence-corrected chi connectivity index (χ0v) is 5.33. The molecule has 0 unspecified atom stereocenters. The van der Waals surface area contributed by atoms with Gasteiger partial charge in [-0.25, -0.2) is 0 Å². The molecule has 1 aromatic heterocycles. The molecule has 2 rings (SSSR count). The minimum atomic E-state index is 1.09. The van der Waals surface area contributed by atoms with Gasteiger partial charge in [-0.3, -0.25) is 4.98 Å². The quantitative estimate of drug-likeness (QED) is 0.526. The Balaban J connectivity index is 2.89. The van der Waals surface area contributed by atoms with Gasteiger partial charge in [0.1, 0.15) is 0 Å². The molecule has 0 N–H and O–H groups in total. The lowest BCUT2D eigenvalue weighted by Gasteiger charge is -1.90. The smallest absolute Gasteiger partial charge is 0.0353 e. The molecule has 0 spiro atoms. The van der Waals surface area contributed by atoms with Crippen LogP contribution >= 0.6 is 0 Å². The van der Waals surface area contributed by atoms with Crippen LogP contribution in [-0.2, 0) is 0 Å². The van der Waals surface area contributed by atoms with Gasteiger partial charge in [0.2, 0.25) is 0 Å². The van der Waals surface area contributed by atoms with Crippen LogP contribution in [0.25, 0.3) is 10.8 Å². The molecule has 0 atom stereocenters. The maximum Gasteiger partial charge on any atom is 0.0353 e. The van der Waals surface area contributed by atoms with Crippen LogP contribution in [0.2, 0.25) is 0 Å². The molecule has 0 aliphatic carbocycles. The van der Waals surface area contributed by atoms with Crippen LogP contribution in [-0.4, -0.2) is 4.98 Å². The van der Waals surface area contributed by atoms with Crippen LogP contribution in [0, 0.1) is 12.1 Å².